The molecule has 1 aliphatic carbocycles. The summed E-state index contributed by atoms with van der Waals surface area (Å²) in [6, 6.07) is 6.97. The number of carbonyl (C=O) groups is 2. The lowest BCUT2D eigenvalue weighted by Gasteiger charge is -2.35. The van der Waals surface area contributed by atoms with Gasteiger partial charge in [-0.3, -0.25) is 4.90 Å². The van der Waals surface area contributed by atoms with E-state index in [4.69, 9.17) is 9.15 Å². The van der Waals surface area contributed by atoms with Gasteiger partial charge in [0.05, 0.1) is 12.7 Å². The summed E-state index contributed by atoms with van der Waals surface area (Å²) in [7, 11) is 1.67. The lowest BCUT2D eigenvalue weighted by atomic mass is 9.86. The highest BCUT2D eigenvalue weighted by atomic mass is 19.4. The molecule has 1 fully saturated rings. The van der Waals surface area contributed by atoms with Gasteiger partial charge in [0.1, 0.15) is 17.5 Å². The van der Waals surface area contributed by atoms with Crippen LogP contribution in [0.15, 0.2) is 28.7 Å². The van der Waals surface area contributed by atoms with Gasteiger partial charge in [-0.15, -0.1) is 0 Å². The number of benzene rings is 1. The average molecular weight is 525 g/mol. The Labute approximate surface area is 215 Å². The summed E-state index contributed by atoms with van der Waals surface area (Å²) in [6.07, 6.45) is -1.76. The number of rotatable bonds is 9. The molecule has 3 atom stereocenters. The van der Waals surface area contributed by atoms with Gasteiger partial charge < -0.3 is 13.9 Å². The number of hydrogen-bond acceptors (Lipinski definition) is 7. The van der Waals surface area contributed by atoms with Gasteiger partial charge >= 0.3 is 18.1 Å². The fourth-order valence-corrected chi connectivity index (χ4v) is 4.83. The van der Waals surface area contributed by atoms with Crippen LogP contribution in [-0.2, 0) is 25.7 Å². The van der Waals surface area contributed by atoms with Gasteiger partial charge in [-0.25, -0.2) is 14.6 Å². The molecule has 0 saturated heterocycles. The van der Waals surface area contributed by atoms with Crippen LogP contribution in [0.25, 0.3) is 11.5 Å². The maximum Gasteiger partial charge on any atom is 0.491 e. The van der Waals surface area contributed by atoms with Crippen molar-refractivity contribution in [1.29, 1.82) is 0 Å². The molecule has 0 N–H and O–H groups in total. The Hall–Kier alpha value is -2.72. The van der Waals surface area contributed by atoms with Gasteiger partial charge in [-0.05, 0) is 64.1 Å². The Kier molecular flexibility index (Phi) is 9.52. The van der Waals surface area contributed by atoms with E-state index in [0.717, 1.165) is 42.5 Å². The summed E-state index contributed by atoms with van der Waals surface area (Å²) >= 11 is 0. The van der Waals surface area contributed by atoms with E-state index in [1.807, 2.05) is 38.1 Å². The second-order valence-corrected chi connectivity index (χ2v) is 10.2. The second kappa shape index (κ2) is 12.2. The number of ether oxygens (including phenoxy) is 2. The summed E-state index contributed by atoms with van der Waals surface area (Å²) in [6.45, 7) is 8.07. The van der Waals surface area contributed by atoms with Crippen molar-refractivity contribution in [3.05, 3.63) is 41.3 Å². The monoisotopic (exact) mass is 524 g/mol. The molecule has 1 aromatic carbocycles. The number of oxazole rings is 1. The molecule has 0 unspecified atom stereocenters. The van der Waals surface area contributed by atoms with Crippen LogP contribution in [0.2, 0.25) is 0 Å². The molecule has 0 bridgehead atoms. The van der Waals surface area contributed by atoms with E-state index in [9.17, 15) is 22.8 Å². The quantitative estimate of drug-likeness (QED) is 0.311. The van der Waals surface area contributed by atoms with Crippen LogP contribution < -0.4 is 0 Å². The zero-order chi connectivity index (χ0) is 27.3. The Balaban J connectivity index is 1.55. The zero-order valence-electron chi connectivity index (χ0n) is 21.9. The van der Waals surface area contributed by atoms with E-state index in [1.165, 1.54) is 0 Å². The van der Waals surface area contributed by atoms with Gasteiger partial charge in [-0.2, -0.15) is 13.2 Å². The maximum absolute atomic E-state index is 12.5. The van der Waals surface area contributed by atoms with Gasteiger partial charge in [0, 0.05) is 12.1 Å². The Morgan fingerprint density at radius 2 is 1.84 bits per heavy atom. The second-order valence-electron chi connectivity index (χ2n) is 10.2. The summed E-state index contributed by atoms with van der Waals surface area (Å²) < 4.78 is 53.8. The number of carbonyl (C=O) groups excluding carboxylic acids is 2. The smallest absolute Gasteiger partial charge is 0.441 e. The standard InChI is InChI=1S/C27H35F3N2O5/c1-16(2)23(25(33)37-26(34)27(28,29)30)32(5)14-19-7-6-8-21(13-19)35-15-22-18(4)36-24(31-22)20-11-9-17(3)10-12-20/h9-12,16,19,21,23H,6-8,13-15H2,1-5H3/t19-,21-,23-/m0/s1. The third-order valence-electron chi connectivity index (χ3n) is 6.70. The van der Waals surface area contributed by atoms with Crippen LogP contribution >= 0.6 is 0 Å². The first-order chi connectivity index (χ1) is 17.3. The molecule has 1 aliphatic rings. The van der Waals surface area contributed by atoms with Crippen molar-refractivity contribution >= 4 is 11.9 Å². The minimum absolute atomic E-state index is 0.0117. The molecule has 0 radical (unpaired) electrons. The molecule has 1 aromatic heterocycles. The van der Waals surface area contributed by atoms with Crippen molar-refractivity contribution in [2.75, 3.05) is 13.6 Å². The number of nitrogens with zero attached hydrogens (tertiary/aromatic N) is 2. The van der Waals surface area contributed by atoms with E-state index >= 15 is 0 Å². The number of aryl methyl sites for hydroxylation is 2. The van der Waals surface area contributed by atoms with E-state index in [1.54, 1.807) is 25.8 Å². The molecule has 2 aromatic rings. The van der Waals surface area contributed by atoms with Crippen molar-refractivity contribution < 1.29 is 36.7 Å². The average Bonchev–Trinajstić information content (AvgIpc) is 3.18. The largest absolute Gasteiger partial charge is 0.491 e. The van der Waals surface area contributed by atoms with Crippen LogP contribution in [-0.4, -0.2) is 53.7 Å². The number of halogens is 3. The highest BCUT2D eigenvalue weighted by Gasteiger charge is 2.44. The van der Waals surface area contributed by atoms with Crippen LogP contribution in [0, 0.1) is 25.7 Å². The van der Waals surface area contributed by atoms with E-state index in [-0.39, 0.29) is 17.9 Å². The van der Waals surface area contributed by atoms with Crippen molar-refractivity contribution in [3.63, 3.8) is 0 Å². The number of alkyl halides is 3. The first-order valence-electron chi connectivity index (χ1n) is 12.5. The van der Waals surface area contributed by atoms with Gasteiger partial charge in [0.25, 0.3) is 0 Å². The molecule has 1 saturated carbocycles. The Morgan fingerprint density at radius 1 is 1.16 bits per heavy atom. The molecule has 204 valence electrons. The van der Waals surface area contributed by atoms with Gasteiger partial charge in [0.15, 0.2) is 0 Å². The minimum atomic E-state index is -5.22. The third kappa shape index (κ3) is 7.88. The van der Waals surface area contributed by atoms with Crippen molar-refractivity contribution in [1.82, 2.24) is 9.88 Å². The lowest BCUT2D eigenvalue weighted by molar-refractivity contribution is -0.203. The summed E-state index contributed by atoms with van der Waals surface area (Å²) in [5.74, 6) is -2.58. The molecule has 0 amide bonds. The van der Waals surface area contributed by atoms with E-state index < -0.39 is 24.2 Å². The molecule has 0 spiro atoms. The topological polar surface area (TPSA) is 81.9 Å². The molecule has 7 nitrogen and oxygen atoms in total. The number of likely N-dealkylation sites (N-methyl/N-ethyl adjacent to an activating group) is 1. The van der Waals surface area contributed by atoms with Crippen LogP contribution in [0.1, 0.15) is 56.5 Å². The number of hydrogen-bond donors (Lipinski definition) is 0. The highest BCUT2D eigenvalue weighted by molar-refractivity contribution is 5.91. The van der Waals surface area contributed by atoms with Crippen LogP contribution in [0.5, 0.6) is 0 Å². The number of aromatic nitrogens is 1. The van der Waals surface area contributed by atoms with E-state index in [0.29, 0.717) is 24.8 Å². The molecule has 10 heteroatoms. The Morgan fingerprint density at radius 3 is 2.46 bits per heavy atom. The fraction of sp³-hybridized carbons (Fsp3) is 0.593. The van der Waals surface area contributed by atoms with Crippen LogP contribution in [0.3, 0.4) is 0 Å². The predicted molar refractivity (Wildman–Crippen MR) is 130 cm³/mol. The molecular formula is C27H35F3N2O5. The molecule has 0 aliphatic heterocycles. The molecule has 37 heavy (non-hydrogen) atoms. The zero-order valence-corrected chi connectivity index (χ0v) is 21.9. The maximum atomic E-state index is 12.5. The van der Waals surface area contributed by atoms with Gasteiger partial charge in [-0.1, -0.05) is 38.0 Å². The predicted octanol–water partition coefficient (Wildman–Crippen LogP) is 5.62. The molecule has 1 heterocycles. The van der Waals surface area contributed by atoms with Gasteiger partial charge in [0.2, 0.25) is 5.89 Å². The highest BCUT2D eigenvalue weighted by Crippen LogP contribution is 2.30. The first kappa shape index (κ1) is 28.8. The van der Waals surface area contributed by atoms with Crippen molar-refractivity contribution in [3.8, 4) is 11.5 Å². The minimum Gasteiger partial charge on any atom is -0.441 e. The third-order valence-corrected chi connectivity index (χ3v) is 6.70. The molecular weight excluding hydrogens is 489 g/mol. The number of esters is 2. The fourth-order valence-electron chi connectivity index (χ4n) is 4.83. The summed E-state index contributed by atoms with van der Waals surface area (Å²) in [5, 5.41) is 0. The summed E-state index contributed by atoms with van der Waals surface area (Å²) in [5.41, 5.74) is 2.79. The van der Waals surface area contributed by atoms with Crippen molar-refractivity contribution in [2.24, 2.45) is 11.8 Å². The van der Waals surface area contributed by atoms with Crippen LogP contribution in [0.4, 0.5) is 13.2 Å². The Bertz CT molecular complexity index is 1060. The lowest BCUT2D eigenvalue weighted by Crippen LogP contribution is -2.47. The summed E-state index contributed by atoms with van der Waals surface area (Å²) in [4.78, 5) is 29.8. The molecule has 3 rings (SSSR count). The normalized spacial score (nSPS) is 19.3. The SMILES string of the molecule is Cc1ccc(-c2nc(CO[C@H]3CCC[C@H](CN(C)[C@H](C(=O)OC(=O)C(F)(F)F)C(C)C)C3)c(C)o2)cc1. The first-order valence-corrected chi connectivity index (χ1v) is 12.5. The van der Waals surface area contributed by atoms with E-state index in [2.05, 4.69) is 9.72 Å². The van der Waals surface area contributed by atoms with Crippen molar-refractivity contribution in [2.45, 2.75) is 78.3 Å².